The zero-order valence-corrected chi connectivity index (χ0v) is 22.2. The van der Waals surface area contributed by atoms with Crippen molar-refractivity contribution in [3.05, 3.63) is 48.0 Å². The molecule has 0 heterocycles. The molecule has 0 saturated heterocycles. The van der Waals surface area contributed by atoms with E-state index in [1.165, 1.54) is 0 Å². The molecule has 10 heteroatoms. The molecule has 0 fully saturated rings. The van der Waals surface area contributed by atoms with Crippen LogP contribution in [0.1, 0.15) is 31.7 Å². The zero-order chi connectivity index (χ0) is 25.7. The van der Waals surface area contributed by atoms with Gasteiger partial charge in [-0.2, -0.15) is 0 Å². The predicted octanol–water partition coefficient (Wildman–Crippen LogP) is 4.57. The molecule has 3 amide bonds. The lowest BCUT2D eigenvalue weighted by molar-refractivity contribution is 0.127. The molecule has 35 heavy (non-hydrogen) atoms. The monoisotopic (exact) mass is 505 g/mol. The molecule has 0 aromatic heterocycles. The van der Waals surface area contributed by atoms with Crippen molar-refractivity contribution >= 4 is 26.4 Å². The molecule has 9 nitrogen and oxygen atoms in total. The van der Waals surface area contributed by atoms with E-state index >= 15 is 0 Å². The summed E-state index contributed by atoms with van der Waals surface area (Å²) in [4.78, 5) is 36.9. The van der Waals surface area contributed by atoms with Crippen molar-refractivity contribution in [3.63, 3.8) is 0 Å². The number of carbonyl (C=O) groups is 3. The SMILES string of the molecule is CCCCOC(=O)NC1C=CC(NC(=O)OCc2ccccc2)C(NC(=O)OCC[Si](C)(C)C)C1. The molecule has 1 aromatic carbocycles. The minimum atomic E-state index is -1.34. The summed E-state index contributed by atoms with van der Waals surface area (Å²) in [5.74, 6) is 0. The van der Waals surface area contributed by atoms with E-state index in [1.54, 1.807) is 12.2 Å². The fraction of sp³-hybridized carbons (Fsp3) is 0.560. The van der Waals surface area contributed by atoms with E-state index in [2.05, 4.69) is 35.6 Å². The maximum Gasteiger partial charge on any atom is 0.408 e. The molecular weight excluding hydrogens is 466 g/mol. The lowest BCUT2D eigenvalue weighted by Gasteiger charge is -2.32. The third-order valence-corrected chi connectivity index (χ3v) is 7.12. The predicted molar refractivity (Wildman–Crippen MR) is 137 cm³/mol. The first-order valence-corrected chi connectivity index (χ1v) is 15.9. The minimum Gasteiger partial charge on any atom is -0.450 e. The number of amides is 3. The van der Waals surface area contributed by atoms with Gasteiger partial charge in [0.05, 0.1) is 31.3 Å². The first-order valence-electron chi connectivity index (χ1n) is 12.2. The van der Waals surface area contributed by atoms with Gasteiger partial charge < -0.3 is 30.2 Å². The number of carbonyl (C=O) groups excluding carboxylic acids is 3. The van der Waals surface area contributed by atoms with E-state index < -0.39 is 38.4 Å². The molecule has 194 valence electrons. The molecule has 0 spiro atoms. The minimum absolute atomic E-state index is 0.133. The quantitative estimate of drug-likeness (QED) is 0.176. The highest BCUT2D eigenvalue weighted by Gasteiger charge is 2.31. The Morgan fingerprint density at radius 1 is 0.886 bits per heavy atom. The van der Waals surface area contributed by atoms with Crippen LogP contribution in [0.2, 0.25) is 25.7 Å². The highest BCUT2D eigenvalue weighted by atomic mass is 28.3. The highest BCUT2D eigenvalue weighted by molar-refractivity contribution is 6.76. The van der Waals surface area contributed by atoms with Gasteiger partial charge in [-0.3, -0.25) is 0 Å². The average molecular weight is 506 g/mol. The highest BCUT2D eigenvalue weighted by Crippen LogP contribution is 2.15. The van der Waals surface area contributed by atoms with Crippen LogP contribution in [-0.2, 0) is 20.8 Å². The van der Waals surface area contributed by atoms with Crippen LogP contribution in [0.15, 0.2) is 42.5 Å². The molecule has 1 aromatic rings. The van der Waals surface area contributed by atoms with Gasteiger partial charge in [0.1, 0.15) is 6.61 Å². The van der Waals surface area contributed by atoms with Crippen LogP contribution in [0.4, 0.5) is 14.4 Å². The maximum absolute atomic E-state index is 12.4. The van der Waals surface area contributed by atoms with Gasteiger partial charge in [0, 0.05) is 8.07 Å². The van der Waals surface area contributed by atoms with Crippen LogP contribution >= 0.6 is 0 Å². The summed E-state index contributed by atoms with van der Waals surface area (Å²) in [6, 6.07) is 8.81. The van der Waals surface area contributed by atoms with E-state index in [9.17, 15) is 14.4 Å². The average Bonchev–Trinajstić information content (AvgIpc) is 2.79. The molecule has 1 aliphatic rings. The Kier molecular flexibility index (Phi) is 11.6. The molecule has 0 radical (unpaired) electrons. The van der Waals surface area contributed by atoms with Crippen LogP contribution in [0, 0.1) is 0 Å². The number of ether oxygens (including phenoxy) is 3. The molecule has 1 aliphatic carbocycles. The number of hydrogen-bond acceptors (Lipinski definition) is 6. The maximum atomic E-state index is 12.4. The zero-order valence-electron chi connectivity index (χ0n) is 21.2. The van der Waals surface area contributed by atoms with Crippen molar-refractivity contribution in [1.82, 2.24) is 16.0 Å². The van der Waals surface area contributed by atoms with E-state index in [4.69, 9.17) is 14.2 Å². The van der Waals surface area contributed by atoms with Crippen molar-refractivity contribution in [2.75, 3.05) is 13.2 Å². The van der Waals surface area contributed by atoms with E-state index in [1.807, 2.05) is 37.3 Å². The fourth-order valence-corrected chi connectivity index (χ4v) is 4.05. The number of alkyl carbamates (subject to hydrolysis) is 3. The molecule has 2 rings (SSSR count). The lowest BCUT2D eigenvalue weighted by Crippen LogP contribution is -2.55. The number of nitrogens with one attached hydrogen (secondary N) is 3. The van der Waals surface area contributed by atoms with E-state index in [-0.39, 0.29) is 12.6 Å². The summed E-state index contributed by atoms with van der Waals surface area (Å²) in [6.07, 6.45) is 3.90. The number of hydrogen-bond donors (Lipinski definition) is 3. The van der Waals surface area contributed by atoms with Gasteiger partial charge in [-0.05, 0) is 24.4 Å². The van der Waals surface area contributed by atoms with Crippen LogP contribution in [0.5, 0.6) is 0 Å². The Labute approximate surface area is 209 Å². The number of benzene rings is 1. The van der Waals surface area contributed by atoms with Crippen molar-refractivity contribution in [2.24, 2.45) is 0 Å². The number of rotatable bonds is 11. The normalized spacial score (nSPS) is 19.4. The first kappa shape index (κ1) is 28.2. The fourth-order valence-electron chi connectivity index (χ4n) is 3.34. The topological polar surface area (TPSA) is 115 Å². The third kappa shape index (κ3) is 11.8. The summed E-state index contributed by atoms with van der Waals surface area (Å²) in [5.41, 5.74) is 0.869. The summed E-state index contributed by atoms with van der Waals surface area (Å²) >= 11 is 0. The Morgan fingerprint density at radius 3 is 2.23 bits per heavy atom. The van der Waals surface area contributed by atoms with Crippen LogP contribution in [-0.4, -0.2) is 57.7 Å². The van der Waals surface area contributed by atoms with Gasteiger partial charge in [0.25, 0.3) is 0 Å². The van der Waals surface area contributed by atoms with Crippen LogP contribution in [0.25, 0.3) is 0 Å². The molecule has 3 atom stereocenters. The van der Waals surface area contributed by atoms with Crippen molar-refractivity contribution in [1.29, 1.82) is 0 Å². The standard InChI is InChI=1S/C25H39N3O6Si/c1-5-6-14-32-23(29)26-20-12-13-21(27-25(31)34-18-19-10-8-7-9-11-19)22(17-20)28-24(30)33-15-16-35(2,3)4/h7-13,20-22H,5-6,14-18H2,1-4H3,(H,26,29)(H,27,31)(H,28,30). The van der Waals surface area contributed by atoms with Gasteiger partial charge in [0.15, 0.2) is 0 Å². The van der Waals surface area contributed by atoms with Gasteiger partial charge in [-0.15, -0.1) is 0 Å². The molecule has 3 N–H and O–H groups in total. The Hall–Kier alpha value is -3.01. The lowest BCUT2D eigenvalue weighted by atomic mass is 9.93. The largest absolute Gasteiger partial charge is 0.450 e. The van der Waals surface area contributed by atoms with Crippen molar-refractivity contribution < 1.29 is 28.6 Å². The molecule has 0 aliphatic heterocycles. The summed E-state index contributed by atoms with van der Waals surface area (Å²) in [7, 11) is -1.34. The van der Waals surface area contributed by atoms with Crippen molar-refractivity contribution in [2.45, 2.75) is 76.6 Å². The second kappa shape index (κ2) is 14.4. The second-order valence-electron chi connectivity index (χ2n) is 9.79. The van der Waals surface area contributed by atoms with Crippen molar-refractivity contribution in [3.8, 4) is 0 Å². The molecule has 0 saturated carbocycles. The molecule has 0 bridgehead atoms. The summed E-state index contributed by atoms with van der Waals surface area (Å²) < 4.78 is 15.9. The Bertz CT molecular complexity index is 843. The summed E-state index contributed by atoms with van der Waals surface area (Å²) in [6.45, 7) is 9.45. The smallest absolute Gasteiger partial charge is 0.408 e. The van der Waals surface area contributed by atoms with E-state index in [0.29, 0.717) is 19.6 Å². The van der Waals surface area contributed by atoms with Gasteiger partial charge in [-0.25, -0.2) is 14.4 Å². The Balaban J connectivity index is 1.95. The van der Waals surface area contributed by atoms with Crippen LogP contribution in [0.3, 0.4) is 0 Å². The third-order valence-electron chi connectivity index (χ3n) is 5.41. The van der Waals surface area contributed by atoms with Crippen LogP contribution < -0.4 is 16.0 Å². The van der Waals surface area contributed by atoms with Gasteiger partial charge in [-0.1, -0.05) is 75.5 Å². The first-order chi connectivity index (χ1) is 16.7. The van der Waals surface area contributed by atoms with Gasteiger partial charge >= 0.3 is 18.3 Å². The Morgan fingerprint density at radius 2 is 1.54 bits per heavy atom. The summed E-state index contributed by atoms with van der Waals surface area (Å²) in [5, 5.41) is 8.40. The number of unbranched alkanes of at least 4 members (excludes halogenated alkanes) is 1. The molecular formula is C25H39N3O6Si. The van der Waals surface area contributed by atoms with E-state index in [0.717, 1.165) is 24.4 Å². The molecule has 3 unspecified atom stereocenters. The van der Waals surface area contributed by atoms with Gasteiger partial charge in [0.2, 0.25) is 0 Å². The second-order valence-corrected chi connectivity index (χ2v) is 15.4.